The fraction of sp³-hybridized carbons (Fsp3) is 0.898. The number of carbonyl (C=O) groups excluding carboxylic acids is 2. The fourth-order valence-electron chi connectivity index (χ4n) is 9.49. The van der Waals surface area contributed by atoms with Gasteiger partial charge >= 0.3 is 19.8 Å². The van der Waals surface area contributed by atoms with Crippen LogP contribution >= 0.6 is 7.82 Å². The monoisotopic (exact) mass is 1060 g/mol. The summed E-state index contributed by atoms with van der Waals surface area (Å²) in [5.41, 5.74) is 0. The second-order valence-electron chi connectivity index (χ2n) is 21.2. The second kappa shape index (κ2) is 48.7. The lowest BCUT2D eigenvalue weighted by Crippen LogP contribution is -2.64. The zero-order valence-corrected chi connectivity index (χ0v) is 47.3. The molecule has 73 heavy (non-hydrogen) atoms. The third-order valence-electron chi connectivity index (χ3n) is 14.3. The first-order valence-electron chi connectivity index (χ1n) is 30.1. The zero-order valence-electron chi connectivity index (χ0n) is 46.5. The van der Waals surface area contributed by atoms with Crippen LogP contribution in [0.3, 0.4) is 0 Å². The van der Waals surface area contributed by atoms with E-state index in [1.165, 1.54) is 199 Å². The van der Waals surface area contributed by atoms with Gasteiger partial charge in [-0.2, -0.15) is 0 Å². The van der Waals surface area contributed by atoms with Gasteiger partial charge in [-0.3, -0.25) is 18.6 Å². The fourth-order valence-corrected chi connectivity index (χ4v) is 10.5. The predicted molar refractivity (Wildman–Crippen MR) is 295 cm³/mol. The molecule has 0 aromatic carbocycles. The molecule has 0 amide bonds. The van der Waals surface area contributed by atoms with Crippen LogP contribution in [0.15, 0.2) is 24.3 Å². The molecule has 0 heterocycles. The molecule has 6 unspecified atom stereocenters. The Labute approximate surface area is 445 Å². The van der Waals surface area contributed by atoms with Gasteiger partial charge in [-0.15, -0.1) is 0 Å². The van der Waals surface area contributed by atoms with E-state index in [2.05, 4.69) is 32.1 Å². The van der Waals surface area contributed by atoms with Gasteiger partial charge in [0.25, 0.3) is 0 Å². The highest BCUT2D eigenvalue weighted by molar-refractivity contribution is 7.47. The average molecular weight is 1060 g/mol. The molecule has 13 nitrogen and oxygen atoms in total. The number of phosphoric acid groups is 1. The number of esters is 2. The van der Waals surface area contributed by atoms with Crippen molar-refractivity contribution in [3.63, 3.8) is 0 Å². The van der Waals surface area contributed by atoms with Crippen LogP contribution in [0, 0.1) is 0 Å². The van der Waals surface area contributed by atoms with Gasteiger partial charge < -0.3 is 39.9 Å². The van der Waals surface area contributed by atoms with E-state index in [0.29, 0.717) is 19.3 Å². The summed E-state index contributed by atoms with van der Waals surface area (Å²) in [6.45, 7) is 3.34. The Morgan fingerprint density at radius 1 is 0.411 bits per heavy atom. The molecule has 1 aliphatic carbocycles. The number of allylic oxidation sites excluding steroid dienone is 4. The number of aliphatic hydroxyl groups excluding tert-OH is 5. The molecule has 1 rings (SSSR count). The minimum Gasteiger partial charge on any atom is -0.462 e. The van der Waals surface area contributed by atoms with E-state index in [-0.39, 0.29) is 12.8 Å². The Balaban J connectivity index is 2.33. The Hall–Kier alpha value is -1.67. The number of ether oxygens (including phenoxy) is 2. The van der Waals surface area contributed by atoms with Crippen molar-refractivity contribution in [1.29, 1.82) is 0 Å². The Morgan fingerprint density at radius 3 is 1.12 bits per heavy atom. The molecule has 430 valence electrons. The number of unbranched alkanes of at least 4 members (excludes halogenated alkanes) is 36. The third-order valence-corrected chi connectivity index (χ3v) is 15.3. The lowest BCUT2D eigenvalue weighted by Gasteiger charge is -2.41. The molecule has 6 N–H and O–H groups in total. The van der Waals surface area contributed by atoms with E-state index in [1.54, 1.807) is 0 Å². The first-order chi connectivity index (χ1) is 35.4. The van der Waals surface area contributed by atoms with Gasteiger partial charge in [0.2, 0.25) is 0 Å². The molecule has 1 aliphatic rings. The van der Waals surface area contributed by atoms with Gasteiger partial charge in [0.15, 0.2) is 6.10 Å². The van der Waals surface area contributed by atoms with Crippen LogP contribution in [-0.4, -0.2) is 98.3 Å². The summed E-state index contributed by atoms with van der Waals surface area (Å²) in [6, 6.07) is 0. The molecule has 8 atom stereocenters. The van der Waals surface area contributed by atoms with Crippen molar-refractivity contribution >= 4 is 19.8 Å². The van der Waals surface area contributed by atoms with E-state index >= 15 is 0 Å². The van der Waals surface area contributed by atoms with Crippen molar-refractivity contribution in [1.82, 2.24) is 0 Å². The highest BCUT2D eigenvalue weighted by Gasteiger charge is 2.51. The third kappa shape index (κ3) is 40.2. The highest BCUT2D eigenvalue weighted by Crippen LogP contribution is 2.47. The molecule has 0 bridgehead atoms. The first kappa shape index (κ1) is 69.3. The molecule has 1 fully saturated rings. The zero-order chi connectivity index (χ0) is 53.5. The molecule has 0 aliphatic heterocycles. The van der Waals surface area contributed by atoms with E-state index in [9.17, 15) is 44.6 Å². The Bertz CT molecular complexity index is 1360. The first-order valence-corrected chi connectivity index (χ1v) is 31.6. The van der Waals surface area contributed by atoms with E-state index in [0.717, 1.165) is 38.5 Å². The summed E-state index contributed by atoms with van der Waals surface area (Å²) >= 11 is 0. The normalized spacial score (nSPS) is 20.5. The maximum Gasteiger partial charge on any atom is 0.472 e. The molecular formula is C59H111O13P. The molecule has 0 radical (unpaired) electrons. The molecule has 0 aromatic heterocycles. The molecule has 0 spiro atoms. The number of hydrogen-bond donors (Lipinski definition) is 6. The number of hydrogen-bond acceptors (Lipinski definition) is 12. The van der Waals surface area contributed by atoms with Crippen LogP contribution in [0.4, 0.5) is 0 Å². The van der Waals surface area contributed by atoms with Crippen molar-refractivity contribution in [2.75, 3.05) is 13.2 Å². The summed E-state index contributed by atoms with van der Waals surface area (Å²) in [5, 5.41) is 50.4. The summed E-state index contributed by atoms with van der Waals surface area (Å²) in [7, 11) is -5.14. The summed E-state index contributed by atoms with van der Waals surface area (Å²) in [4.78, 5) is 36.0. The van der Waals surface area contributed by atoms with Crippen LogP contribution in [-0.2, 0) is 32.7 Å². The Kier molecular flexibility index (Phi) is 46.2. The van der Waals surface area contributed by atoms with Crippen LogP contribution in [0.1, 0.15) is 284 Å². The minimum absolute atomic E-state index is 0.0408. The van der Waals surface area contributed by atoms with Gasteiger partial charge in [0.05, 0.1) is 6.61 Å². The van der Waals surface area contributed by atoms with Crippen LogP contribution in [0.5, 0.6) is 0 Å². The van der Waals surface area contributed by atoms with Crippen LogP contribution < -0.4 is 0 Å². The lowest BCUT2D eigenvalue weighted by atomic mass is 9.85. The lowest BCUT2D eigenvalue weighted by molar-refractivity contribution is -0.220. The van der Waals surface area contributed by atoms with E-state index < -0.39 is 75.7 Å². The maximum absolute atomic E-state index is 12.9. The van der Waals surface area contributed by atoms with Gasteiger partial charge in [-0.05, 0) is 44.9 Å². The van der Waals surface area contributed by atoms with Crippen LogP contribution in [0.2, 0.25) is 0 Å². The molecule has 1 saturated carbocycles. The predicted octanol–water partition coefficient (Wildman–Crippen LogP) is 14.3. The van der Waals surface area contributed by atoms with Crippen molar-refractivity contribution < 1.29 is 63.1 Å². The van der Waals surface area contributed by atoms with Crippen molar-refractivity contribution in [3.05, 3.63) is 24.3 Å². The van der Waals surface area contributed by atoms with Crippen LogP contribution in [0.25, 0.3) is 0 Å². The van der Waals surface area contributed by atoms with Crippen molar-refractivity contribution in [2.45, 2.75) is 326 Å². The molecule has 0 saturated heterocycles. The summed E-state index contributed by atoms with van der Waals surface area (Å²) in [5.74, 6) is -1.13. The van der Waals surface area contributed by atoms with Crippen molar-refractivity contribution in [2.24, 2.45) is 0 Å². The SMILES string of the molecule is CCCCCCCCCCCCCCCC/C=C/CC/C=C/CCCC(=O)O[C@H](COC(=O)CCCCCCCCCCCCCCCCCCCCCCC)COP(=O)(O)OC1C(O)C(O)C(O)[C@@H](O)C1O. The second-order valence-corrected chi connectivity index (χ2v) is 22.6. The van der Waals surface area contributed by atoms with Gasteiger partial charge in [0, 0.05) is 12.8 Å². The smallest absolute Gasteiger partial charge is 0.462 e. The minimum atomic E-state index is -5.14. The van der Waals surface area contributed by atoms with Crippen molar-refractivity contribution in [3.8, 4) is 0 Å². The standard InChI is InChI=1S/C59H111O13P/c1-3-5-7-9-11-13-15-17-19-21-23-25-26-28-30-32-34-36-38-40-42-44-46-48-53(61)71-51(50-70-73(67,68)72-59-57(65)55(63)54(62)56(64)58(59)66)49-69-52(60)47-45-43-41-39-37-35-33-31-29-27-24-22-20-18-16-14-12-10-8-6-4-2/h32,34,40,42,51,54-59,62-66H,3-31,33,35-39,41,43-50H2,1-2H3,(H,67,68)/b34-32+,42-40+/t51-,54?,55-,56?,57?,58?,59?/m1/s1. The summed E-state index contributed by atoms with van der Waals surface area (Å²) in [6.07, 6.45) is 45.3. The highest BCUT2D eigenvalue weighted by atomic mass is 31.2. The number of phosphoric ester groups is 1. The van der Waals surface area contributed by atoms with Gasteiger partial charge in [-0.1, -0.05) is 250 Å². The number of rotatable bonds is 52. The topological polar surface area (TPSA) is 210 Å². The summed E-state index contributed by atoms with van der Waals surface area (Å²) < 4.78 is 33.7. The molecular weight excluding hydrogens is 948 g/mol. The number of carbonyl (C=O) groups is 2. The average Bonchev–Trinajstić information content (AvgIpc) is 3.37. The molecule has 0 aromatic rings. The van der Waals surface area contributed by atoms with E-state index in [1.807, 2.05) is 6.08 Å². The number of aliphatic hydroxyl groups is 5. The Morgan fingerprint density at radius 2 is 0.726 bits per heavy atom. The van der Waals surface area contributed by atoms with E-state index in [4.69, 9.17) is 18.5 Å². The quantitative estimate of drug-likeness (QED) is 0.0145. The molecule has 14 heteroatoms. The maximum atomic E-state index is 12.9. The van der Waals surface area contributed by atoms with Gasteiger partial charge in [0.1, 0.15) is 43.2 Å². The van der Waals surface area contributed by atoms with Gasteiger partial charge in [-0.25, -0.2) is 4.57 Å². The largest absolute Gasteiger partial charge is 0.472 e.